The lowest BCUT2D eigenvalue weighted by Gasteiger charge is -2.40. The lowest BCUT2D eigenvalue weighted by atomic mass is 9.79. The molecular formula is C14H26N2O. The second-order valence-corrected chi connectivity index (χ2v) is 4.95. The zero-order valence-corrected chi connectivity index (χ0v) is 11.1. The monoisotopic (exact) mass is 238 g/mol. The quantitative estimate of drug-likeness (QED) is 0.651. The van der Waals surface area contributed by atoms with Crippen LogP contribution in [0.25, 0.3) is 0 Å². The fraction of sp³-hybridized carbons (Fsp3) is 0.714. The first-order chi connectivity index (χ1) is 8.26. The standard InChI is InChI=1S/C14H26N2O/c1-4-10-16(11-5-2)12-14(13-17-3)6-8-15-9-7-14/h4-5,15H,1-2,6-13H2,3H3. The number of hydrogen-bond acceptors (Lipinski definition) is 3. The summed E-state index contributed by atoms with van der Waals surface area (Å²) in [5.74, 6) is 0. The van der Waals surface area contributed by atoms with Crippen molar-refractivity contribution in [2.75, 3.05) is 46.4 Å². The summed E-state index contributed by atoms with van der Waals surface area (Å²) in [4.78, 5) is 2.39. The first-order valence-electron chi connectivity index (χ1n) is 6.40. The molecule has 17 heavy (non-hydrogen) atoms. The molecule has 0 aromatic rings. The van der Waals surface area contributed by atoms with Crippen molar-refractivity contribution in [2.24, 2.45) is 5.41 Å². The van der Waals surface area contributed by atoms with Gasteiger partial charge in [0.05, 0.1) is 6.61 Å². The summed E-state index contributed by atoms with van der Waals surface area (Å²) in [6.07, 6.45) is 6.30. The Bertz CT molecular complexity index is 219. The van der Waals surface area contributed by atoms with Crippen molar-refractivity contribution >= 4 is 0 Å². The van der Waals surface area contributed by atoms with Gasteiger partial charge in [0.2, 0.25) is 0 Å². The molecule has 1 saturated heterocycles. The third-order valence-electron chi connectivity index (χ3n) is 3.45. The molecule has 1 N–H and O–H groups in total. The SMILES string of the molecule is C=CCN(CC=C)CC1(COC)CCNCC1. The van der Waals surface area contributed by atoms with Crippen LogP contribution in [0.1, 0.15) is 12.8 Å². The summed E-state index contributed by atoms with van der Waals surface area (Å²) in [5.41, 5.74) is 0.298. The van der Waals surface area contributed by atoms with Gasteiger partial charge in [0.25, 0.3) is 0 Å². The lowest BCUT2D eigenvalue weighted by Crippen LogP contribution is -2.47. The molecule has 0 aliphatic carbocycles. The van der Waals surface area contributed by atoms with Gasteiger partial charge in [-0.05, 0) is 25.9 Å². The second kappa shape index (κ2) is 7.64. The normalized spacial score (nSPS) is 19.2. The van der Waals surface area contributed by atoms with Crippen molar-refractivity contribution in [1.82, 2.24) is 10.2 Å². The minimum absolute atomic E-state index is 0.298. The first-order valence-corrected chi connectivity index (χ1v) is 6.40. The Hall–Kier alpha value is -0.640. The number of hydrogen-bond donors (Lipinski definition) is 1. The third-order valence-corrected chi connectivity index (χ3v) is 3.45. The van der Waals surface area contributed by atoms with Crippen molar-refractivity contribution in [3.8, 4) is 0 Å². The number of piperidine rings is 1. The summed E-state index contributed by atoms with van der Waals surface area (Å²) in [5, 5.41) is 3.42. The Kier molecular flexibility index (Phi) is 6.48. The highest BCUT2D eigenvalue weighted by Gasteiger charge is 2.33. The molecule has 3 heteroatoms. The predicted molar refractivity (Wildman–Crippen MR) is 73.2 cm³/mol. The fourth-order valence-corrected chi connectivity index (χ4v) is 2.65. The molecule has 0 saturated carbocycles. The highest BCUT2D eigenvalue weighted by molar-refractivity contribution is 4.90. The van der Waals surface area contributed by atoms with Gasteiger partial charge in [0, 0.05) is 32.2 Å². The lowest BCUT2D eigenvalue weighted by molar-refractivity contribution is 0.0277. The molecule has 0 aromatic carbocycles. The van der Waals surface area contributed by atoms with Crippen molar-refractivity contribution in [2.45, 2.75) is 12.8 Å². The Balaban J connectivity index is 2.61. The molecule has 0 spiro atoms. The Labute approximate surface area is 106 Å². The molecule has 0 atom stereocenters. The summed E-state index contributed by atoms with van der Waals surface area (Å²) in [6.45, 7) is 13.6. The number of rotatable bonds is 8. The van der Waals surface area contributed by atoms with Crippen molar-refractivity contribution < 1.29 is 4.74 Å². The van der Waals surface area contributed by atoms with E-state index in [1.54, 1.807) is 7.11 Å². The molecule has 1 aliphatic heterocycles. The van der Waals surface area contributed by atoms with Gasteiger partial charge in [0.1, 0.15) is 0 Å². The fourth-order valence-electron chi connectivity index (χ4n) is 2.65. The molecule has 98 valence electrons. The van der Waals surface area contributed by atoms with E-state index in [-0.39, 0.29) is 0 Å². The zero-order chi connectivity index (χ0) is 12.6. The molecule has 1 heterocycles. The van der Waals surface area contributed by atoms with Crippen molar-refractivity contribution in [3.05, 3.63) is 25.3 Å². The van der Waals surface area contributed by atoms with Crippen LogP contribution in [-0.2, 0) is 4.74 Å². The van der Waals surface area contributed by atoms with Crippen molar-refractivity contribution in [1.29, 1.82) is 0 Å². The van der Waals surface area contributed by atoms with Gasteiger partial charge in [-0.15, -0.1) is 13.2 Å². The van der Waals surface area contributed by atoms with E-state index in [0.717, 1.165) is 39.3 Å². The van der Waals surface area contributed by atoms with Crippen LogP contribution in [0.5, 0.6) is 0 Å². The number of ether oxygens (including phenoxy) is 1. The molecule has 0 aromatic heterocycles. The van der Waals surface area contributed by atoms with Gasteiger partial charge >= 0.3 is 0 Å². The second-order valence-electron chi connectivity index (χ2n) is 4.95. The zero-order valence-electron chi connectivity index (χ0n) is 11.1. The van der Waals surface area contributed by atoms with Crippen LogP contribution in [0.3, 0.4) is 0 Å². The van der Waals surface area contributed by atoms with Crippen LogP contribution in [0.4, 0.5) is 0 Å². The smallest absolute Gasteiger partial charge is 0.0531 e. The minimum Gasteiger partial charge on any atom is -0.384 e. The van der Waals surface area contributed by atoms with E-state index in [2.05, 4.69) is 23.4 Å². The maximum absolute atomic E-state index is 5.44. The van der Waals surface area contributed by atoms with Crippen LogP contribution in [0.15, 0.2) is 25.3 Å². The number of methoxy groups -OCH3 is 1. The Morgan fingerprint density at radius 3 is 2.29 bits per heavy atom. The van der Waals surface area contributed by atoms with Crippen LogP contribution in [0.2, 0.25) is 0 Å². The highest BCUT2D eigenvalue weighted by atomic mass is 16.5. The summed E-state index contributed by atoms with van der Waals surface area (Å²) in [6, 6.07) is 0. The largest absolute Gasteiger partial charge is 0.384 e. The average Bonchev–Trinajstić information content (AvgIpc) is 2.31. The van der Waals surface area contributed by atoms with E-state index < -0.39 is 0 Å². The Morgan fingerprint density at radius 1 is 1.24 bits per heavy atom. The van der Waals surface area contributed by atoms with Gasteiger partial charge in [-0.2, -0.15) is 0 Å². The summed E-state index contributed by atoms with van der Waals surface area (Å²) in [7, 11) is 1.80. The average molecular weight is 238 g/mol. The minimum atomic E-state index is 0.298. The summed E-state index contributed by atoms with van der Waals surface area (Å²) < 4.78 is 5.44. The molecule has 0 bridgehead atoms. The Morgan fingerprint density at radius 2 is 1.82 bits per heavy atom. The molecule has 1 rings (SSSR count). The number of nitrogens with zero attached hydrogens (tertiary/aromatic N) is 1. The molecule has 0 unspecified atom stereocenters. The summed E-state index contributed by atoms with van der Waals surface area (Å²) >= 11 is 0. The first kappa shape index (κ1) is 14.4. The van der Waals surface area contributed by atoms with E-state index in [4.69, 9.17) is 4.74 Å². The molecular weight excluding hydrogens is 212 g/mol. The van der Waals surface area contributed by atoms with E-state index >= 15 is 0 Å². The topological polar surface area (TPSA) is 24.5 Å². The van der Waals surface area contributed by atoms with Crippen molar-refractivity contribution in [3.63, 3.8) is 0 Å². The van der Waals surface area contributed by atoms with Gasteiger partial charge in [-0.3, -0.25) is 4.90 Å². The van der Waals surface area contributed by atoms with Gasteiger partial charge in [-0.25, -0.2) is 0 Å². The maximum Gasteiger partial charge on any atom is 0.0531 e. The van der Waals surface area contributed by atoms with Crippen LogP contribution in [-0.4, -0.2) is 51.3 Å². The highest BCUT2D eigenvalue weighted by Crippen LogP contribution is 2.30. The van der Waals surface area contributed by atoms with E-state index in [0.29, 0.717) is 5.41 Å². The molecule has 0 amide bonds. The predicted octanol–water partition coefficient (Wildman–Crippen LogP) is 1.68. The van der Waals surface area contributed by atoms with Crippen LogP contribution < -0.4 is 5.32 Å². The van der Waals surface area contributed by atoms with Crippen LogP contribution in [0, 0.1) is 5.41 Å². The van der Waals surface area contributed by atoms with E-state index in [1.165, 1.54) is 12.8 Å². The number of nitrogens with one attached hydrogen (secondary N) is 1. The van der Waals surface area contributed by atoms with Crippen LogP contribution >= 0.6 is 0 Å². The molecule has 0 radical (unpaired) electrons. The van der Waals surface area contributed by atoms with Gasteiger partial charge in [-0.1, -0.05) is 12.2 Å². The van der Waals surface area contributed by atoms with Gasteiger partial charge in [0.15, 0.2) is 0 Å². The maximum atomic E-state index is 5.44. The molecule has 1 aliphatic rings. The molecule has 3 nitrogen and oxygen atoms in total. The van der Waals surface area contributed by atoms with Gasteiger partial charge < -0.3 is 10.1 Å². The van der Waals surface area contributed by atoms with E-state index in [9.17, 15) is 0 Å². The third kappa shape index (κ3) is 4.62. The molecule has 1 fully saturated rings. The van der Waals surface area contributed by atoms with E-state index in [1.807, 2.05) is 12.2 Å².